The minimum atomic E-state index is 0.527. The molecule has 142 valence electrons. The second kappa shape index (κ2) is 7.48. The van der Waals surface area contributed by atoms with Crippen LogP contribution in [0, 0.1) is 5.92 Å². The highest BCUT2D eigenvalue weighted by Gasteiger charge is 2.46. The van der Waals surface area contributed by atoms with Crippen LogP contribution in [0.25, 0.3) is 0 Å². The van der Waals surface area contributed by atoms with Crippen LogP contribution in [0.2, 0.25) is 5.02 Å². The van der Waals surface area contributed by atoms with Crippen LogP contribution >= 0.6 is 11.6 Å². The van der Waals surface area contributed by atoms with Crippen molar-refractivity contribution in [2.45, 2.75) is 63.1 Å². The number of likely N-dealkylation sites (tertiary alicyclic amines) is 1. The number of hydrogen-bond acceptors (Lipinski definition) is 2. The number of benzene rings is 2. The summed E-state index contributed by atoms with van der Waals surface area (Å²) in [5.74, 6) is 1.42. The Morgan fingerprint density at radius 3 is 2.59 bits per heavy atom. The number of halogens is 1. The van der Waals surface area contributed by atoms with E-state index in [2.05, 4.69) is 52.7 Å². The van der Waals surface area contributed by atoms with Gasteiger partial charge >= 0.3 is 0 Å². The first-order valence-electron chi connectivity index (χ1n) is 10.6. The lowest BCUT2D eigenvalue weighted by Gasteiger charge is -2.48. The third-order valence-electron chi connectivity index (χ3n) is 7.05. The van der Waals surface area contributed by atoms with Crippen LogP contribution in [0.15, 0.2) is 48.5 Å². The maximum Gasteiger partial charge on any atom is 0.0489 e. The number of hydrogen-bond donors (Lipinski definition) is 1. The van der Waals surface area contributed by atoms with E-state index in [0.717, 1.165) is 17.5 Å². The predicted molar refractivity (Wildman–Crippen MR) is 113 cm³/mol. The van der Waals surface area contributed by atoms with Gasteiger partial charge in [0.2, 0.25) is 0 Å². The topological polar surface area (TPSA) is 15.3 Å². The number of nitrogens with zero attached hydrogens (tertiary/aromatic N) is 1. The van der Waals surface area contributed by atoms with Crippen molar-refractivity contribution in [2.75, 3.05) is 11.9 Å². The molecule has 3 heteroatoms. The van der Waals surface area contributed by atoms with Crippen molar-refractivity contribution in [1.29, 1.82) is 0 Å². The summed E-state index contributed by atoms with van der Waals surface area (Å²) in [6.45, 7) is 2.26. The summed E-state index contributed by atoms with van der Waals surface area (Å²) in [5.41, 5.74) is 4.21. The van der Waals surface area contributed by atoms with Crippen molar-refractivity contribution in [2.24, 2.45) is 5.92 Å². The van der Waals surface area contributed by atoms with Gasteiger partial charge in [-0.3, -0.25) is 4.90 Å². The van der Waals surface area contributed by atoms with Gasteiger partial charge in [0.15, 0.2) is 0 Å². The molecular weight excluding hydrogens is 352 g/mol. The van der Waals surface area contributed by atoms with Crippen LogP contribution in [-0.2, 0) is 6.54 Å². The maximum absolute atomic E-state index is 6.34. The van der Waals surface area contributed by atoms with Gasteiger partial charge in [-0.1, -0.05) is 61.2 Å². The van der Waals surface area contributed by atoms with Crippen molar-refractivity contribution in [1.82, 2.24) is 4.90 Å². The van der Waals surface area contributed by atoms with Crippen LogP contribution in [0.1, 0.15) is 55.6 Å². The molecule has 2 heterocycles. The fraction of sp³-hybridized carbons (Fsp3) is 0.500. The van der Waals surface area contributed by atoms with E-state index in [4.69, 9.17) is 11.6 Å². The molecule has 3 unspecified atom stereocenters. The van der Waals surface area contributed by atoms with Gasteiger partial charge in [-0.2, -0.15) is 0 Å². The Hall–Kier alpha value is -1.51. The molecule has 0 bridgehead atoms. The smallest absolute Gasteiger partial charge is 0.0489 e. The van der Waals surface area contributed by atoms with Gasteiger partial charge in [-0.25, -0.2) is 0 Å². The average molecular weight is 381 g/mol. The maximum atomic E-state index is 6.34. The Kier molecular flexibility index (Phi) is 4.87. The Balaban J connectivity index is 1.45. The summed E-state index contributed by atoms with van der Waals surface area (Å²) >= 11 is 6.34. The number of piperidine rings is 1. The second-order valence-corrected chi connectivity index (χ2v) is 9.08. The highest BCUT2D eigenvalue weighted by molar-refractivity contribution is 6.30. The molecule has 0 spiro atoms. The molecule has 1 saturated carbocycles. The zero-order chi connectivity index (χ0) is 18.2. The van der Waals surface area contributed by atoms with E-state index in [0.29, 0.717) is 18.0 Å². The van der Waals surface area contributed by atoms with Gasteiger partial charge < -0.3 is 5.32 Å². The average Bonchev–Trinajstić information content (AvgIpc) is 3.07. The van der Waals surface area contributed by atoms with Crippen molar-refractivity contribution in [3.8, 4) is 0 Å². The van der Waals surface area contributed by atoms with E-state index in [1.807, 2.05) is 6.07 Å². The number of rotatable bonds is 3. The van der Waals surface area contributed by atoms with Crippen LogP contribution in [0.4, 0.5) is 5.69 Å². The summed E-state index contributed by atoms with van der Waals surface area (Å²) in [7, 11) is 0. The highest BCUT2D eigenvalue weighted by Crippen LogP contribution is 2.47. The van der Waals surface area contributed by atoms with Gasteiger partial charge in [0.1, 0.15) is 0 Å². The fourth-order valence-corrected chi connectivity index (χ4v) is 6.03. The standard InChI is InChI=1S/C24H29ClN2/c25-19-11-12-22-21(15-19)20-13-14-27(16-17-7-3-1-4-8-17)24(23(20)26-22)18-9-5-2-6-10-18/h1,3-4,7-8,11-12,15,18,20,23-24,26H,2,5-6,9-10,13-14,16H2. The Bertz CT molecular complexity index is 784. The van der Waals surface area contributed by atoms with Crippen molar-refractivity contribution in [3.05, 3.63) is 64.7 Å². The first-order valence-corrected chi connectivity index (χ1v) is 11.0. The van der Waals surface area contributed by atoms with E-state index >= 15 is 0 Å². The Morgan fingerprint density at radius 1 is 0.963 bits per heavy atom. The molecule has 2 fully saturated rings. The van der Waals surface area contributed by atoms with Crippen LogP contribution in [-0.4, -0.2) is 23.5 Å². The van der Waals surface area contributed by atoms with Crippen LogP contribution < -0.4 is 5.32 Å². The SMILES string of the molecule is Clc1ccc2c(c1)C1CCN(Cc3ccccc3)C(C3CCCCC3)C1N2. The second-order valence-electron chi connectivity index (χ2n) is 8.64. The van der Waals surface area contributed by atoms with Crippen molar-refractivity contribution >= 4 is 17.3 Å². The molecule has 1 saturated heterocycles. The summed E-state index contributed by atoms with van der Waals surface area (Å²) in [6, 6.07) is 18.6. The van der Waals surface area contributed by atoms with E-state index < -0.39 is 0 Å². The minimum Gasteiger partial charge on any atom is -0.380 e. The van der Waals surface area contributed by atoms with Crippen molar-refractivity contribution < 1.29 is 0 Å². The molecule has 2 nitrogen and oxygen atoms in total. The first-order chi connectivity index (χ1) is 13.3. The van der Waals surface area contributed by atoms with E-state index in [9.17, 15) is 0 Å². The molecule has 1 aliphatic carbocycles. The monoisotopic (exact) mass is 380 g/mol. The zero-order valence-electron chi connectivity index (χ0n) is 15.9. The Morgan fingerprint density at radius 2 is 1.78 bits per heavy atom. The number of nitrogens with one attached hydrogen (secondary N) is 1. The van der Waals surface area contributed by atoms with Gasteiger partial charge in [-0.05, 0) is 61.1 Å². The molecule has 0 amide bonds. The lowest BCUT2D eigenvalue weighted by atomic mass is 9.73. The molecule has 0 aromatic heterocycles. The summed E-state index contributed by atoms with van der Waals surface area (Å²) < 4.78 is 0. The molecule has 2 aliphatic heterocycles. The predicted octanol–water partition coefficient (Wildman–Crippen LogP) is 6.07. The van der Waals surface area contributed by atoms with E-state index in [1.165, 1.54) is 61.9 Å². The van der Waals surface area contributed by atoms with Crippen molar-refractivity contribution in [3.63, 3.8) is 0 Å². The molecule has 3 atom stereocenters. The molecule has 2 aromatic carbocycles. The normalized spacial score (nSPS) is 28.4. The molecule has 5 rings (SSSR count). The van der Waals surface area contributed by atoms with Crippen LogP contribution in [0.3, 0.4) is 0 Å². The molecule has 2 aromatic rings. The summed E-state index contributed by atoms with van der Waals surface area (Å²) in [5, 5.41) is 4.80. The van der Waals surface area contributed by atoms with Crippen LogP contribution in [0.5, 0.6) is 0 Å². The lowest BCUT2D eigenvalue weighted by Crippen LogP contribution is -2.56. The fourth-order valence-electron chi connectivity index (χ4n) is 5.85. The lowest BCUT2D eigenvalue weighted by molar-refractivity contribution is 0.0576. The molecule has 1 N–H and O–H groups in total. The third-order valence-corrected chi connectivity index (χ3v) is 7.28. The molecule has 3 aliphatic rings. The minimum absolute atomic E-state index is 0.527. The number of fused-ring (bicyclic) bond motifs is 3. The van der Waals surface area contributed by atoms with E-state index in [-0.39, 0.29) is 0 Å². The van der Waals surface area contributed by atoms with Gasteiger partial charge in [0, 0.05) is 35.3 Å². The van der Waals surface area contributed by atoms with E-state index in [1.54, 1.807) is 0 Å². The summed E-state index contributed by atoms with van der Waals surface area (Å²) in [6.07, 6.45) is 8.21. The van der Waals surface area contributed by atoms with Gasteiger partial charge in [-0.15, -0.1) is 0 Å². The largest absolute Gasteiger partial charge is 0.380 e. The van der Waals surface area contributed by atoms with Gasteiger partial charge in [0.25, 0.3) is 0 Å². The zero-order valence-corrected chi connectivity index (χ0v) is 16.7. The van der Waals surface area contributed by atoms with Gasteiger partial charge in [0.05, 0.1) is 0 Å². The quantitative estimate of drug-likeness (QED) is 0.694. The Labute approximate surface area is 167 Å². The summed E-state index contributed by atoms with van der Waals surface area (Å²) in [4.78, 5) is 2.78. The molecular formula is C24H29ClN2. The molecule has 27 heavy (non-hydrogen) atoms. The highest BCUT2D eigenvalue weighted by atomic mass is 35.5. The number of anilines is 1. The third kappa shape index (κ3) is 3.39. The molecule has 0 radical (unpaired) electrons. The first kappa shape index (κ1) is 17.6.